The molecule has 0 amide bonds. The highest BCUT2D eigenvalue weighted by atomic mass is 35.5. The molecule has 1 fully saturated rings. The number of benzene rings is 1. The molecular formula is C13H14ClN3OS. The van der Waals surface area contributed by atoms with Crippen molar-refractivity contribution in [2.24, 2.45) is 0 Å². The molecule has 1 aromatic heterocycles. The van der Waals surface area contributed by atoms with Crippen LogP contribution in [0.5, 0.6) is 0 Å². The van der Waals surface area contributed by atoms with Crippen molar-refractivity contribution in [2.75, 3.05) is 6.54 Å². The zero-order valence-electron chi connectivity index (χ0n) is 10.3. The summed E-state index contributed by atoms with van der Waals surface area (Å²) >= 11 is 7.60. The average molecular weight is 296 g/mol. The minimum atomic E-state index is 0.234. The number of aromatic nitrogens is 2. The van der Waals surface area contributed by atoms with Crippen molar-refractivity contribution < 1.29 is 4.52 Å². The molecule has 1 N–H and O–H groups in total. The molecule has 19 heavy (non-hydrogen) atoms. The van der Waals surface area contributed by atoms with Crippen molar-refractivity contribution in [1.82, 2.24) is 15.5 Å². The van der Waals surface area contributed by atoms with Crippen LogP contribution in [0.15, 0.2) is 33.7 Å². The van der Waals surface area contributed by atoms with E-state index in [-0.39, 0.29) is 6.04 Å². The van der Waals surface area contributed by atoms with Crippen molar-refractivity contribution in [2.45, 2.75) is 29.5 Å². The normalized spacial score (nSPS) is 18.9. The summed E-state index contributed by atoms with van der Waals surface area (Å²) in [6.07, 6.45) is 2.24. The molecule has 100 valence electrons. The van der Waals surface area contributed by atoms with Crippen LogP contribution in [0, 0.1) is 0 Å². The van der Waals surface area contributed by atoms with E-state index in [0.29, 0.717) is 11.6 Å². The monoisotopic (exact) mass is 295 g/mol. The van der Waals surface area contributed by atoms with E-state index >= 15 is 0 Å². The third-order valence-electron chi connectivity index (χ3n) is 3.01. The number of thioether (sulfide) groups is 1. The Morgan fingerprint density at radius 2 is 2.42 bits per heavy atom. The van der Waals surface area contributed by atoms with E-state index in [1.165, 1.54) is 6.42 Å². The van der Waals surface area contributed by atoms with Gasteiger partial charge >= 0.3 is 0 Å². The molecule has 1 aliphatic heterocycles. The molecule has 1 unspecified atom stereocenters. The smallest absolute Gasteiger partial charge is 0.243 e. The molecule has 1 atom stereocenters. The highest BCUT2D eigenvalue weighted by Crippen LogP contribution is 2.26. The van der Waals surface area contributed by atoms with Gasteiger partial charge in [0.1, 0.15) is 0 Å². The lowest BCUT2D eigenvalue weighted by atomic mass is 10.2. The van der Waals surface area contributed by atoms with E-state index in [0.717, 1.165) is 28.7 Å². The van der Waals surface area contributed by atoms with Gasteiger partial charge in [0.2, 0.25) is 5.89 Å². The number of hydrogen-bond donors (Lipinski definition) is 1. The summed E-state index contributed by atoms with van der Waals surface area (Å²) in [4.78, 5) is 5.54. The van der Waals surface area contributed by atoms with Gasteiger partial charge in [0.15, 0.2) is 5.82 Å². The lowest BCUT2D eigenvalue weighted by Crippen LogP contribution is -2.13. The molecule has 3 rings (SSSR count). The van der Waals surface area contributed by atoms with Crippen molar-refractivity contribution in [1.29, 1.82) is 0 Å². The first kappa shape index (κ1) is 13.0. The molecule has 2 heterocycles. The maximum Gasteiger partial charge on any atom is 0.243 e. The van der Waals surface area contributed by atoms with Crippen LogP contribution in [0.4, 0.5) is 0 Å². The van der Waals surface area contributed by atoms with E-state index in [4.69, 9.17) is 16.1 Å². The van der Waals surface area contributed by atoms with Crippen LogP contribution in [-0.4, -0.2) is 16.7 Å². The van der Waals surface area contributed by atoms with Gasteiger partial charge in [-0.05, 0) is 37.6 Å². The Kier molecular flexibility index (Phi) is 4.06. The van der Waals surface area contributed by atoms with Crippen molar-refractivity contribution in [3.8, 4) is 0 Å². The first-order valence-electron chi connectivity index (χ1n) is 6.25. The highest BCUT2D eigenvalue weighted by molar-refractivity contribution is 7.98. The van der Waals surface area contributed by atoms with Gasteiger partial charge < -0.3 is 9.84 Å². The SMILES string of the molecule is Clc1cccc(SCc2noc(C3CCCN3)n2)c1. The lowest BCUT2D eigenvalue weighted by molar-refractivity contribution is 0.342. The minimum absolute atomic E-state index is 0.234. The third kappa shape index (κ3) is 3.29. The van der Waals surface area contributed by atoms with E-state index in [2.05, 4.69) is 15.5 Å². The summed E-state index contributed by atoms with van der Waals surface area (Å²) < 4.78 is 5.30. The lowest BCUT2D eigenvalue weighted by Gasteiger charge is -2.01. The Morgan fingerprint density at radius 3 is 3.21 bits per heavy atom. The summed E-state index contributed by atoms with van der Waals surface area (Å²) in [5, 5.41) is 8.11. The first-order chi connectivity index (χ1) is 9.31. The Labute approximate surface area is 120 Å². The van der Waals surface area contributed by atoms with Crippen LogP contribution < -0.4 is 5.32 Å². The standard InChI is InChI=1S/C13H14ClN3OS/c14-9-3-1-4-10(7-9)19-8-12-16-13(18-17-12)11-5-2-6-15-11/h1,3-4,7,11,15H,2,5-6,8H2. The van der Waals surface area contributed by atoms with E-state index in [1.807, 2.05) is 24.3 Å². The summed E-state index contributed by atoms with van der Waals surface area (Å²) in [5.74, 6) is 2.13. The van der Waals surface area contributed by atoms with Crippen molar-refractivity contribution in [3.05, 3.63) is 41.0 Å². The summed E-state index contributed by atoms with van der Waals surface area (Å²) in [6, 6.07) is 8.00. The molecule has 1 aromatic carbocycles. The molecule has 0 radical (unpaired) electrons. The van der Waals surface area contributed by atoms with Crippen molar-refractivity contribution in [3.63, 3.8) is 0 Å². The zero-order chi connectivity index (χ0) is 13.1. The van der Waals surface area contributed by atoms with Crippen LogP contribution in [0.3, 0.4) is 0 Å². The van der Waals surface area contributed by atoms with Crippen LogP contribution in [0.2, 0.25) is 5.02 Å². The summed E-state index contributed by atoms with van der Waals surface area (Å²) in [6.45, 7) is 1.03. The third-order valence-corrected chi connectivity index (χ3v) is 4.23. The molecule has 0 spiro atoms. The molecule has 6 heteroatoms. The van der Waals surface area contributed by atoms with Gasteiger partial charge in [0, 0.05) is 9.92 Å². The predicted molar refractivity (Wildman–Crippen MR) is 75.3 cm³/mol. The van der Waals surface area contributed by atoms with Crippen LogP contribution in [-0.2, 0) is 5.75 Å². The molecule has 0 saturated carbocycles. The van der Waals surface area contributed by atoms with Gasteiger partial charge in [-0.3, -0.25) is 0 Å². The quantitative estimate of drug-likeness (QED) is 0.876. The van der Waals surface area contributed by atoms with Crippen molar-refractivity contribution >= 4 is 23.4 Å². The van der Waals surface area contributed by atoms with E-state index in [1.54, 1.807) is 11.8 Å². The van der Waals surface area contributed by atoms with E-state index in [9.17, 15) is 0 Å². The zero-order valence-corrected chi connectivity index (χ0v) is 11.9. The van der Waals surface area contributed by atoms with Crippen LogP contribution >= 0.6 is 23.4 Å². The minimum Gasteiger partial charge on any atom is -0.338 e. The molecule has 2 aromatic rings. The molecule has 0 bridgehead atoms. The van der Waals surface area contributed by atoms with E-state index < -0.39 is 0 Å². The largest absolute Gasteiger partial charge is 0.338 e. The maximum absolute atomic E-state index is 5.95. The molecular weight excluding hydrogens is 282 g/mol. The van der Waals surface area contributed by atoms with Gasteiger partial charge in [0.05, 0.1) is 11.8 Å². The Morgan fingerprint density at radius 1 is 1.47 bits per heavy atom. The van der Waals surface area contributed by atoms with Gasteiger partial charge in [-0.25, -0.2) is 0 Å². The molecule has 1 aliphatic rings. The fourth-order valence-electron chi connectivity index (χ4n) is 2.07. The summed E-state index contributed by atoms with van der Waals surface area (Å²) in [5.41, 5.74) is 0. The Balaban J connectivity index is 1.61. The topological polar surface area (TPSA) is 51.0 Å². The summed E-state index contributed by atoms with van der Waals surface area (Å²) in [7, 11) is 0. The fourth-order valence-corrected chi connectivity index (χ4v) is 3.12. The van der Waals surface area contributed by atoms with Gasteiger partial charge in [-0.1, -0.05) is 22.8 Å². The Hall–Kier alpha value is -1.04. The fraction of sp³-hybridized carbons (Fsp3) is 0.385. The van der Waals surface area contributed by atoms with Gasteiger partial charge in [-0.15, -0.1) is 11.8 Å². The number of nitrogens with one attached hydrogen (secondary N) is 1. The number of hydrogen-bond acceptors (Lipinski definition) is 5. The molecule has 0 aliphatic carbocycles. The second-order valence-electron chi connectivity index (χ2n) is 4.44. The maximum atomic E-state index is 5.95. The van der Waals surface area contributed by atoms with Gasteiger partial charge in [-0.2, -0.15) is 4.98 Å². The van der Waals surface area contributed by atoms with Crippen LogP contribution in [0.25, 0.3) is 0 Å². The average Bonchev–Trinajstić information content (AvgIpc) is 3.07. The highest BCUT2D eigenvalue weighted by Gasteiger charge is 2.22. The Bertz CT molecular complexity index is 554. The molecule has 4 nitrogen and oxygen atoms in total. The number of rotatable bonds is 4. The number of halogens is 1. The second-order valence-corrected chi connectivity index (χ2v) is 5.93. The van der Waals surface area contributed by atoms with Crippen LogP contribution in [0.1, 0.15) is 30.6 Å². The first-order valence-corrected chi connectivity index (χ1v) is 7.62. The molecule has 1 saturated heterocycles. The van der Waals surface area contributed by atoms with Gasteiger partial charge in [0.25, 0.3) is 0 Å². The second kappa shape index (κ2) is 5.94. The predicted octanol–water partition coefficient (Wildman–Crippen LogP) is 3.44. The number of nitrogens with zero attached hydrogens (tertiary/aromatic N) is 2.